The number of nitrogens with zero attached hydrogens (tertiary/aromatic N) is 5. The van der Waals surface area contributed by atoms with Gasteiger partial charge in [-0.1, -0.05) is 5.21 Å². The fraction of sp³-hybridized carbons (Fsp3) is 0.222. The van der Waals surface area contributed by atoms with E-state index in [1.54, 1.807) is 13.1 Å². The van der Waals surface area contributed by atoms with Crippen molar-refractivity contribution in [3.8, 4) is 0 Å². The van der Waals surface area contributed by atoms with Crippen LogP contribution in [0.3, 0.4) is 0 Å². The molecule has 0 unspecified atom stereocenters. The van der Waals surface area contributed by atoms with Crippen molar-refractivity contribution in [3.63, 3.8) is 0 Å². The molecule has 2 aromatic heterocycles. The summed E-state index contributed by atoms with van der Waals surface area (Å²) >= 11 is 0. The van der Waals surface area contributed by atoms with E-state index in [-0.39, 0.29) is 12.2 Å². The predicted molar refractivity (Wildman–Crippen MR) is 58.8 cm³/mol. The number of hydrogen-bond donors (Lipinski definition) is 2. The van der Waals surface area contributed by atoms with Crippen molar-refractivity contribution in [2.45, 2.75) is 6.54 Å². The van der Waals surface area contributed by atoms with Gasteiger partial charge in [0.2, 0.25) is 0 Å². The van der Waals surface area contributed by atoms with Crippen molar-refractivity contribution in [1.29, 1.82) is 0 Å². The van der Waals surface area contributed by atoms with Crippen LogP contribution in [-0.2, 0) is 18.4 Å². The summed E-state index contributed by atoms with van der Waals surface area (Å²) in [6.45, 7) is -0.341. The number of carbonyl (C=O) groups excluding carboxylic acids is 1. The molecule has 0 fully saturated rings. The molecular formula is C9H10N6O3. The van der Waals surface area contributed by atoms with Gasteiger partial charge in [-0.2, -0.15) is 5.10 Å². The van der Waals surface area contributed by atoms with Gasteiger partial charge in [0.25, 0.3) is 5.91 Å². The number of rotatable bonds is 4. The molecular weight excluding hydrogens is 240 g/mol. The van der Waals surface area contributed by atoms with Gasteiger partial charge < -0.3 is 10.4 Å². The van der Waals surface area contributed by atoms with Crippen LogP contribution in [0, 0.1) is 0 Å². The molecule has 18 heavy (non-hydrogen) atoms. The van der Waals surface area contributed by atoms with Crippen LogP contribution < -0.4 is 5.32 Å². The maximum atomic E-state index is 11.7. The van der Waals surface area contributed by atoms with Gasteiger partial charge in [-0.15, -0.1) is 5.10 Å². The number of hydrogen-bond acceptors (Lipinski definition) is 5. The van der Waals surface area contributed by atoms with Gasteiger partial charge in [-0.05, 0) is 0 Å². The van der Waals surface area contributed by atoms with Crippen LogP contribution >= 0.6 is 0 Å². The Morgan fingerprint density at radius 3 is 2.89 bits per heavy atom. The second-order valence-electron chi connectivity index (χ2n) is 3.49. The smallest absolute Gasteiger partial charge is 0.325 e. The lowest BCUT2D eigenvalue weighted by molar-refractivity contribution is -0.137. The lowest BCUT2D eigenvalue weighted by atomic mass is 10.4. The van der Waals surface area contributed by atoms with E-state index >= 15 is 0 Å². The number of amides is 1. The largest absolute Gasteiger partial charge is 0.480 e. The summed E-state index contributed by atoms with van der Waals surface area (Å²) in [6, 6.07) is 1.62. The minimum atomic E-state index is -1.06. The molecule has 94 valence electrons. The second kappa shape index (κ2) is 4.65. The molecule has 0 spiro atoms. The molecule has 1 amide bonds. The van der Waals surface area contributed by atoms with Crippen LogP contribution in [0.2, 0.25) is 0 Å². The van der Waals surface area contributed by atoms with Crippen molar-refractivity contribution < 1.29 is 14.7 Å². The van der Waals surface area contributed by atoms with Crippen LogP contribution in [-0.4, -0.2) is 41.8 Å². The highest BCUT2D eigenvalue weighted by atomic mass is 16.4. The third kappa shape index (κ3) is 2.51. The van der Waals surface area contributed by atoms with Crippen molar-refractivity contribution in [2.24, 2.45) is 7.05 Å². The molecule has 2 N–H and O–H groups in total. The first-order valence-electron chi connectivity index (χ1n) is 4.97. The zero-order chi connectivity index (χ0) is 13.1. The molecule has 0 aliphatic rings. The Bertz CT molecular complexity index is 587. The first kappa shape index (κ1) is 11.8. The van der Waals surface area contributed by atoms with E-state index in [4.69, 9.17) is 5.11 Å². The number of anilines is 1. The van der Waals surface area contributed by atoms with Gasteiger partial charge in [0.1, 0.15) is 12.4 Å². The zero-order valence-corrected chi connectivity index (χ0v) is 9.44. The van der Waals surface area contributed by atoms with Crippen molar-refractivity contribution in [3.05, 3.63) is 24.2 Å². The van der Waals surface area contributed by atoms with Gasteiger partial charge in [-0.25, -0.2) is 4.68 Å². The molecule has 2 aromatic rings. The summed E-state index contributed by atoms with van der Waals surface area (Å²) in [7, 11) is 1.68. The highest BCUT2D eigenvalue weighted by Crippen LogP contribution is 2.05. The van der Waals surface area contributed by atoms with Crippen molar-refractivity contribution in [1.82, 2.24) is 24.8 Å². The van der Waals surface area contributed by atoms with E-state index in [1.807, 2.05) is 0 Å². The van der Waals surface area contributed by atoms with Crippen LogP contribution in [0.25, 0.3) is 0 Å². The van der Waals surface area contributed by atoms with Gasteiger partial charge in [0, 0.05) is 13.1 Å². The predicted octanol–water partition coefficient (Wildman–Crippen LogP) is -0.652. The monoisotopic (exact) mass is 250 g/mol. The van der Waals surface area contributed by atoms with Gasteiger partial charge in [0.05, 0.1) is 12.4 Å². The number of aryl methyl sites for hydroxylation is 1. The minimum absolute atomic E-state index is 0.0393. The molecule has 0 aliphatic heterocycles. The van der Waals surface area contributed by atoms with Crippen molar-refractivity contribution >= 4 is 17.7 Å². The fourth-order valence-electron chi connectivity index (χ4n) is 1.30. The molecule has 9 heteroatoms. The van der Waals surface area contributed by atoms with Gasteiger partial charge in [0.15, 0.2) is 5.69 Å². The molecule has 0 saturated carbocycles. The summed E-state index contributed by atoms with van der Waals surface area (Å²) in [4.78, 5) is 22.2. The zero-order valence-electron chi connectivity index (χ0n) is 9.44. The lowest BCUT2D eigenvalue weighted by Crippen LogP contribution is -2.15. The Kier molecular flexibility index (Phi) is 3.04. The summed E-state index contributed by atoms with van der Waals surface area (Å²) in [5, 5.41) is 22.1. The SMILES string of the molecule is Cn1nccc1NC(=O)c1cn(CC(=O)O)nn1. The molecule has 0 aromatic carbocycles. The van der Waals surface area contributed by atoms with E-state index in [0.29, 0.717) is 5.82 Å². The summed E-state index contributed by atoms with van der Waals surface area (Å²) < 4.78 is 2.56. The number of carboxylic acids is 1. The number of carboxylic acid groups (broad SMARTS) is 1. The number of aliphatic carboxylic acids is 1. The van der Waals surface area contributed by atoms with Crippen molar-refractivity contribution in [2.75, 3.05) is 5.32 Å². The fourth-order valence-corrected chi connectivity index (χ4v) is 1.30. The Morgan fingerprint density at radius 1 is 1.50 bits per heavy atom. The molecule has 0 atom stereocenters. The van der Waals surface area contributed by atoms with Crippen LogP contribution in [0.1, 0.15) is 10.5 Å². The third-order valence-electron chi connectivity index (χ3n) is 2.13. The first-order chi connectivity index (χ1) is 8.56. The molecule has 0 radical (unpaired) electrons. The highest BCUT2D eigenvalue weighted by Gasteiger charge is 2.13. The molecule has 0 saturated heterocycles. The Morgan fingerprint density at radius 2 is 2.28 bits per heavy atom. The standard InChI is InChI=1S/C9H10N6O3/c1-14-7(2-3-10-14)11-9(18)6-4-15(13-12-6)5-8(16)17/h2-4H,5H2,1H3,(H,11,18)(H,16,17). The Hall–Kier alpha value is -2.71. The number of carbonyl (C=O) groups is 2. The van der Waals surface area contributed by atoms with E-state index in [9.17, 15) is 9.59 Å². The van der Waals surface area contributed by atoms with E-state index in [2.05, 4.69) is 20.7 Å². The van der Waals surface area contributed by atoms with Gasteiger partial charge in [-0.3, -0.25) is 14.3 Å². The summed E-state index contributed by atoms with van der Waals surface area (Å²) in [5.41, 5.74) is 0.0393. The quantitative estimate of drug-likeness (QED) is 0.745. The maximum absolute atomic E-state index is 11.7. The van der Waals surface area contributed by atoms with Crippen LogP contribution in [0.4, 0.5) is 5.82 Å². The van der Waals surface area contributed by atoms with Crippen LogP contribution in [0.15, 0.2) is 18.5 Å². The summed E-state index contributed by atoms with van der Waals surface area (Å²) in [6.07, 6.45) is 2.80. The highest BCUT2D eigenvalue weighted by molar-refractivity contribution is 6.02. The second-order valence-corrected chi connectivity index (χ2v) is 3.49. The van der Waals surface area contributed by atoms with E-state index < -0.39 is 11.9 Å². The minimum Gasteiger partial charge on any atom is -0.480 e. The topological polar surface area (TPSA) is 115 Å². The Balaban J connectivity index is 2.07. The van der Waals surface area contributed by atoms with Gasteiger partial charge >= 0.3 is 5.97 Å². The molecule has 0 bridgehead atoms. The van der Waals surface area contributed by atoms with E-state index in [0.717, 1.165) is 4.68 Å². The van der Waals surface area contributed by atoms with E-state index in [1.165, 1.54) is 17.1 Å². The lowest BCUT2D eigenvalue weighted by Gasteiger charge is -2.01. The summed E-state index contributed by atoms with van der Waals surface area (Å²) in [5.74, 6) is -1.03. The molecule has 0 aliphatic carbocycles. The number of nitrogens with one attached hydrogen (secondary N) is 1. The molecule has 9 nitrogen and oxygen atoms in total. The maximum Gasteiger partial charge on any atom is 0.325 e. The average Bonchev–Trinajstić information content (AvgIpc) is 2.88. The number of aromatic nitrogens is 5. The normalized spacial score (nSPS) is 10.3. The average molecular weight is 250 g/mol. The van der Waals surface area contributed by atoms with Crippen LogP contribution in [0.5, 0.6) is 0 Å². The first-order valence-corrected chi connectivity index (χ1v) is 4.97. The third-order valence-corrected chi connectivity index (χ3v) is 2.13. The molecule has 2 rings (SSSR count). The Labute approximate surface area is 101 Å². The molecule has 2 heterocycles.